The largest absolute Gasteiger partial charge is 0.373 e. The van der Waals surface area contributed by atoms with Gasteiger partial charge in [-0.3, -0.25) is 10.1 Å². The van der Waals surface area contributed by atoms with E-state index in [1.54, 1.807) is 12.1 Å². The maximum atomic E-state index is 10.6. The molecular weight excluding hydrogens is 250 g/mol. The van der Waals surface area contributed by atoms with Gasteiger partial charge in [-0.25, -0.2) is 0 Å². The molecule has 4 nitrogen and oxygen atoms in total. The van der Waals surface area contributed by atoms with Crippen LogP contribution in [-0.4, -0.2) is 22.5 Å². The van der Waals surface area contributed by atoms with Gasteiger partial charge >= 0.3 is 0 Å². The van der Waals surface area contributed by atoms with Crippen molar-refractivity contribution in [2.24, 2.45) is 5.92 Å². The summed E-state index contributed by atoms with van der Waals surface area (Å²) < 4.78 is 5.90. The average molecular weight is 265 g/mol. The highest BCUT2D eigenvalue weighted by molar-refractivity contribution is 8.00. The summed E-state index contributed by atoms with van der Waals surface area (Å²) in [6.45, 7) is 0.801. The quantitative estimate of drug-likeness (QED) is 0.608. The van der Waals surface area contributed by atoms with Crippen LogP contribution in [-0.2, 0) is 4.74 Å². The van der Waals surface area contributed by atoms with Crippen molar-refractivity contribution in [1.29, 1.82) is 0 Å². The molecule has 2 aliphatic rings. The van der Waals surface area contributed by atoms with Crippen molar-refractivity contribution < 1.29 is 9.66 Å². The number of ether oxygens (including phenoxy) is 1. The lowest BCUT2D eigenvalue weighted by Gasteiger charge is -2.33. The SMILES string of the molecule is O=[N+]([O-])c1ccc(C2OCC[C@@H]3SCC[C@@H]23)cc1. The van der Waals surface area contributed by atoms with Crippen LogP contribution in [0.3, 0.4) is 0 Å². The second-order valence-electron chi connectivity index (χ2n) is 4.79. The zero-order valence-corrected chi connectivity index (χ0v) is 10.8. The maximum Gasteiger partial charge on any atom is 0.269 e. The molecular formula is C13H15NO3S. The van der Waals surface area contributed by atoms with E-state index in [9.17, 15) is 10.1 Å². The molecule has 0 radical (unpaired) electrons. The normalized spacial score (nSPS) is 31.0. The summed E-state index contributed by atoms with van der Waals surface area (Å²) >= 11 is 2.04. The summed E-state index contributed by atoms with van der Waals surface area (Å²) in [6, 6.07) is 6.83. The van der Waals surface area contributed by atoms with Crippen LogP contribution in [0.5, 0.6) is 0 Å². The van der Waals surface area contributed by atoms with Crippen LogP contribution in [0.25, 0.3) is 0 Å². The molecule has 0 N–H and O–H groups in total. The Bertz CT molecular complexity index is 448. The zero-order chi connectivity index (χ0) is 12.5. The molecule has 0 amide bonds. The topological polar surface area (TPSA) is 52.4 Å². The molecule has 1 unspecified atom stereocenters. The Morgan fingerprint density at radius 3 is 2.78 bits per heavy atom. The van der Waals surface area contributed by atoms with Gasteiger partial charge in [-0.15, -0.1) is 0 Å². The minimum Gasteiger partial charge on any atom is -0.373 e. The van der Waals surface area contributed by atoms with Gasteiger partial charge in [0.15, 0.2) is 0 Å². The van der Waals surface area contributed by atoms with E-state index in [2.05, 4.69) is 0 Å². The first-order chi connectivity index (χ1) is 8.75. The molecule has 0 saturated carbocycles. The van der Waals surface area contributed by atoms with Crippen LogP contribution in [0.4, 0.5) is 5.69 Å². The van der Waals surface area contributed by atoms with Crippen molar-refractivity contribution >= 4 is 17.4 Å². The molecule has 0 aliphatic carbocycles. The minimum atomic E-state index is -0.361. The van der Waals surface area contributed by atoms with Crippen LogP contribution in [0, 0.1) is 16.0 Å². The van der Waals surface area contributed by atoms with Crippen LogP contribution in [0.2, 0.25) is 0 Å². The first kappa shape index (κ1) is 12.0. The third-order valence-corrected chi connectivity index (χ3v) is 5.27. The number of nitrogens with zero attached hydrogens (tertiary/aromatic N) is 1. The van der Waals surface area contributed by atoms with Crippen molar-refractivity contribution in [2.45, 2.75) is 24.2 Å². The molecule has 1 aromatic rings. The Kier molecular flexibility index (Phi) is 3.26. The molecule has 2 aliphatic heterocycles. The van der Waals surface area contributed by atoms with E-state index in [1.165, 1.54) is 12.2 Å². The summed E-state index contributed by atoms with van der Waals surface area (Å²) in [6.07, 6.45) is 2.45. The number of hydrogen-bond donors (Lipinski definition) is 0. The highest BCUT2D eigenvalue weighted by Gasteiger charge is 2.38. The van der Waals surface area contributed by atoms with Gasteiger partial charge in [0.2, 0.25) is 0 Å². The predicted molar refractivity (Wildman–Crippen MR) is 70.8 cm³/mol. The highest BCUT2D eigenvalue weighted by Crippen LogP contribution is 2.46. The van der Waals surface area contributed by atoms with Gasteiger partial charge in [0.1, 0.15) is 0 Å². The number of thioether (sulfide) groups is 1. The third kappa shape index (κ3) is 2.12. The summed E-state index contributed by atoms with van der Waals surface area (Å²) in [7, 11) is 0. The minimum absolute atomic E-state index is 0.125. The lowest BCUT2D eigenvalue weighted by molar-refractivity contribution is -0.384. The molecule has 0 spiro atoms. The van der Waals surface area contributed by atoms with E-state index in [-0.39, 0.29) is 16.7 Å². The van der Waals surface area contributed by atoms with Crippen LogP contribution in [0.15, 0.2) is 24.3 Å². The Hall–Kier alpha value is -1.07. The number of non-ortho nitro benzene ring substituents is 1. The van der Waals surface area contributed by atoms with E-state index in [0.717, 1.165) is 18.6 Å². The number of rotatable bonds is 2. The van der Waals surface area contributed by atoms with E-state index in [4.69, 9.17) is 4.74 Å². The van der Waals surface area contributed by atoms with E-state index in [0.29, 0.717) is 11.2 Å². The number of fused-ring (bicyclic) bond motifs is 1. The van der Waals surface area contributed by atoms with Gasteiger partial charge < -0.3 is 4.74 Å². The highest BCUT2D eigenvalue weighted by atomic mass is 32.2. The third-order valence-electron chi connectivity index (χ3n) is 3.78. The Balaban J connectivity index is 1.82. The van der Waals surface area contributed by atoms with Crippen molar-refractivity contribution in [3.63, 3.8) is 0 Å². The van der Waals surface area contributed by atoms with E-state index < -0.39 is 0 Å². The van der Waals surface area contributed by atoms with Crippen LogP contribution >= 0.6 is 11.8 Å². The molecule has 3 atom stereocenters. The first-order valence-corrected chi connectivity index (χ1v) is 7.28. The van der Waals surface area contributed by atoms with Gasteiger partial charge in [0, 0.05) is 29.9 Å². The summed E-state index contributed by atoms with van der Waals surface area (Å²) in [4.78, 5) is 10.3. The average Bonchev–Trinajstić information content (AvgIpc) is 2.87. The Labute approximate surface area is 110 Å². The maximum absolute atomic E-state index is 10.6. The monoisotopic (exact) mass is 265 g/mol. The molecule has 3 rings (SSSR count). The molecule has 2 saturated heterocycles. The first-order valence-electron chi connectivity index (χ1n) is 6.23. The fraction of sp³-hybridized carbons (Fsp3) is 0.538. The number of hydrogen-bond acceptors (Lipinski definition) is 4. The predicted octanol–water partition coefficient (Wildman–Crippen LogP) is 3.18. The second kappa shape index (κ2) is 4.90. The van der Waals surface area contributed by atoms with Crippen LogP contribution < -0.4 is 0 Å². The summed E-state index contributed by atoms with van der Waals surface area (Å²) in [5.41, 5.74) is 1.23. The van der Waals surface area contributed by atoms with E-state index >= 15 is 0 Å². The van der Waals surface area contributed by atoms with Crippen molar-refractivity contribution in [3.05, 3.63) is 39.9 Å². The number of benzene rings is 1. The van der Waals surface area contributed by atoms with Gasteiger partial charge in [-0.1, -0.05) is 0 Å². The van der Waals surface area contributed by atoms with Crippen molar-refractivity contribution in [1.82, 2.24) is 0 Å². The molecule has 0 aromatic heterocycles. The lowest BCUT2D eigenvalue weighted by Crippen LogP contribution is -2.29. The fourth-order valence-corrected chi connectivity index (χ4v) is 4.37. The van der Waals surface area contributed by atoms with Crippen molar-refractivity contribution in [3.8, 4) is 0 Å². The molecule has 1 aromatic carbocycles. The van der Waals surface area contributed by atoms with Crippen molar-refractivity contribution in [2.75, 3.05) is 12.4 Å². The zero-order valence-electron chi connectivity index (χ0n) is 9.95. The molecule has 0 bridgehead atoms. The van der Waals surface area contributed by atoms with Gasteiger partial charge in [0.25, 0.3) is 5.69 Å². The fourth-order valence-electron chi connectivity index (χ4n) is 2.87. The van der Waals surface area contributed by atoms with Gasteiger partial charge in [-0.05, 0) is 36.3 Å². The molecule has 5 heteroatoms. The Morgan fingerprint density at radius 1 is 1.28 bits per heavy atom. The number of nitro groups is 1. The molecule has 18 heavy (non-hydrogen) atoms. The standard InChI is InChI=1S/C13H15NO3S/c15-14(16)10-3-1-9(2-4-10)13-11-6-8-18-12(11)5-7-17-13/h1-4,11-13H,5-8H2/t11-,12+,13?/m1/s1. The summed E-state index contributed by atoms with van der Waals surface area (Å²) in [5, 5.41) is 11.3. The molecule has 96 valence electrons. The van der Waals surface area contributed by atoms with Crippen LogP contribution in [0.1, 0.15) is 24.5 Å². The number of nitro benzene ring substituents is 1. The van der Waals surface area contributed by atoms with E-state index in [1.807, 2.05) is 23.9 Å². The lowest BCUT2D eigenvalue weighted by atomic mass is 9.87. The smallest absolute Gasteiger partial charge is 0.269 e. The second-order valence-corrected chi connectivity index (χ2v) is 6.14. The summed E-state index contributed by atoms with van der Waals surface area (Å²) in [5.74, 6) is 1.78. The molecule has 2 heterocycles. The van der Waals surface area contributed by atoms with Gasteiger partial charge in [-0.2, -0.15) is 11.8 Å². The Morgan fingerprint density at radius 2 is 2.06 bits per heavy atom. The molecule has 2 fully saturated rings. The van der Waals surface area contributed by atoms with Gasteiger partial charge in [0.05, 0.1) is 11.0 Å².